The van der Waals surface area contributed by atoms with E-state index in [9.17, 15) is 9.18 Å². The van der Waals surface area contributed by atoms with Gasteiger partial charge >= 0.3 is 0 Å². The zero-order valence-electron chi connectivity index (χ0n) is 6.54. The predicted molar refractivity (Wildman–Crippen MR) is 44.1 cm³/mol. The van der Waals surface area contributed by atoms with Crippen LogP contribution in [0.3, 0.4) is 0 Å². The molecule has 1 aromatic carbocycles. The Morgan fingerprint density at radius 1 is 1.54 bits per heavy atom. The van der Waals surface area contributed by atoms with Crippen LogP contribution < -0.4 is 5.73 Å². The number of phenolic OH excluding ortho intramolecular Hbond substituents is 1. The van der Waals surface area contributed by atoms with Gasteiger partial charge in [0.2, 0.25) is 0 Å². The Hall–Kier alpha value is -2.02. The monoisotopic (exact) mass is 179 g/mol. The molecule has 13 heavy (non-hydrogen) atoms. The van der Waals surface area contributed by atoms with Crippen molar-refractivity contribution in [2.24, 2.45) is 5.73 Å². The summed E-state index contributed by atoms with van der Waals surface area (Å²) in [4.78, 5) is 10.2. The first-order chi connectivity index (χ1) is 6.09. The smallest absolute Gasteiger partial charge is 0.293 e. The van der Waals surface area contributed by atoms with Crippen molar-refractivity contribution in [2.45, 2.75) is 0 Å². The van der Waals surface area contributed by atoms with E-state index in [1.54, 1.807) is 0 Å². The van der Waals surface area contributed by atoms with Gasteiger partial charge in [0.1, 0.15) is 0 Å². The second-order valence-corrected chi connectivity index (χ2v) is 2.28. The van der Waals surface area contributed by atoms with Crippen molar-refractivity contribution in [3.8, 4) is 17.6 Å². The molecule has 4 heteroatoms. The molecule has 0 aliphatic rings. The molecule has 0 heterocycles. The highest BCUT2D eigenvalue weighted by Gasteiger charge is 1.98. The average molecular weight is 179 g/mol. The van der Waals surface area contributed by atoms with Gasteiger partial charge in [0.25, 0.3) is 5.91 Å². The summed E-state index contributed by atoms with van der Waals surface area (Å²) in [6.07, 6.45) is 0. The molecule has 0 aliphatic carbocycles. The highest BCUT2D eigenvalue weighted by atomic mass is 19.1. The fraction of sp³-hybridized carbons (Fsp3) is 0. The molecule has 0 radical (unpaired) electrons. The third-order valence-corrected chi connectivity index (χ3v) is 1.28. The van der Waals surface area contributed by atoms with E-state index in [4.69, 9.17) is 10.8 Å². The number of benzene rings is 1. The predicted octanol–water partition coefficient (Wildman–Crippen LogP) is 0.368. The Balaban J connectivity index is 3.00. The van der Waals surface area contributed by atoms with Gasteiger partial charge in [-0.05, 0) is 24.1 Å². The molecule has 0 aromatic heterocycles. The van der Waals surface area contributed by atoms with Gasteiger partial charge in [0.05, 0.1) is 0 Å². The summed E-state index contributed by atoms with van der Waals surface area (Å²) < 4.78 is 12.5. The number of phenols is 1. The fourth-order valence-electron chi connectivity index (χ4n) is 0.724. The number of aromatic hydroxyl groups is 1. The van der Waals surface area contributed by atoms with Gasteiger partial charge in [-0.15, -0.1) is 0 Å². The third kappa shape index (κ3) is 2.49. The van der Waals surface area contributed by atoms with E-state index < -0.39 is 17.5 Å². The fourth-order valence-corrected chi connectivity index (χ4v) is 0.724. The van der Waals surface area contributed by atoms with E-state index in [-0.39, 0.29) is 0 Å². The molecule has 1 rings (SSSR count). The number of hydrogen-bond acceptors (Lipinski definition) is 2. The van der Waals surface area contributed by atoms with Crippen LogP contribution in [0, 0.1) is 17.7 Å². The van der Waals surface area contributed by atoms with Gasteiger partial charge in [-0.3, -0.25) is 4.79 Å². The first-order valence-corrected chi connectivity index (χ1v) is 3.39. The molecule has 0 aliphatic heterocycles. The summed E-state index contributed by atoms with van der Waals surface area (Å²) in [6.45, 7) is 0. The maximum atomic E-state index is 12.5. The van der Waals surface area contributed by atoms with Crippen molar-refractivity contribution in [1.82, 2.24) is 0 Å². The number of rotatable bonds is 0. The van der Waals surface area contributed by atoms with Crippen LogP contribution in [-0.2, 0) is 4.79 Å². The number of amides is 1. The zero-order valence-corrected chi connectivity index (χ0v) is 6.54. The normalized spacial score (nSPS) is 8.69. The Morgan fingerprint density at radius 3 is 2.77 bits per heavy atom. The molecule has 0 atom stereocenters. The van der Waals surface area contributed by atoms with Crippen molar-refractivity contribution in [1.29, 1.82) is 0 Å². The minimum Gasteiger partial charge on any atom is -0.505 e. The number of carbonyl (C=O) groups excluding carboxylic acids is 1. The van der Waals surface area contributed by atoms with Crippen molar-refractivity contribution < 1.29 is 14.3 Å². The molecule has 0 spiro atoms. The van der Waals surface area contributed by atoms with E-state index in [2.05, 4.69) is 11.8 Å². The largest absolute Gasteiger partial charge is 0.505 e. The van der Waals surface area contributed by atoms with Crippen molar-refractivity contribution in [3.05, 3.63) is 29.6 Å². The van der Waals surface area contributed by atoms with Gasteiger partial charge < -0.3 is 10.8 Å². The summed E-state index contributed by atoms with van der Waals surface area (Å²) in [6, 6.07) is 3.51. The molecule has 0 saturated carbocycles. The van der Waals surface area contributed by atoms with Gasteiger partial charge in [-0.2, -0.15) is 0 Å². The minimum atomic E-state index is -0.774. The lowest BCUT2D eigenvalue weighted by molar-refractivity contribution is -0.112. The van der Waals surface area contributed by atoms with Crippen LogP contribution in [0.4, 0.5) is 4.39 Å². The van der Waals surface area contributed by atoms with Crippen LogP contribution in [-0.4, -0.2) is 11.0 Å². The van der Waals surface area contributed by atoms with Crippen LogP contribution in [0.1, 0.15) is 5.56 Å². The highest BCUT2D eigenvalue weighted by molar-refractivity contribution is 5.92. The summed E-state index contributed by atoms with van der Waals surface area (Å²) in [5.41, 5.74) is 5.09. The molecule has 0 bridgehead atoms. The van der Waals surface area contributed by atoms with E-state index >= 15 is 0 Å². The number of hydrogen-bond donors (Lipinski definition) is 2. The number of carbonyl (C=O) groups is 1. The van der Waals surface area contributed by atoms with Crippen molar-refractivity contribution in [2.75, 3.05) is 0 Å². The Labute approximate surface area is 74.0 Å². The molecule has 1 aromatic rings. The molecule has 0 saturated heterocycles. The average Bonchev–Trinajstić information content (AvgIpc) is 2.07. The summed E-state index contributed by atoms with van der Waals surface area (Å²) >= 11 is 0. The Kier molecular flexibility index (Phi) is 2.50. The van der Waals surface area contributed by atoms with E-state index in [1.165, 1.54) is 6.07 Å². The molecule has 1 amide bonds. The van der Waals surface area contributed by atoms with E-state index in [1.807, 2.05) is 0 Å². The molecule has 66 valence electrons. The third-order valence-electron chi connectivity index (χ3n) is 1.28. The standard InChI is InChI=1S/C9H6FNO2/c10-7-3-1-6(5-8(7)12)2-4-9(11)13/h1,3,5,12H,(H2,11,13). The second-order valence-electron chi connectivity index (χ2n) is 2.28. The maximum absolute atomic E-state index is 12.5. The van der Waals surface area contributed by atoms with Crippen LogP contribution in [0.5, 0.6) is 5.75 Å². The summed E-state index contributed by atoms with van der Waals surface area (Å²) in [5.74, 6) is 2.42. The van der Waals surface area contributed by atoms with E-state index in [0.717, 1.165) is 12.1 Å². The Bertz CT molecular complexity index is 404. The molecule has 3 N–H and O–H groups in total. The number of halogens is 1. The van der Waals surface area contributed by atoms with Crippen molar-refractivity contribution in [3.63, 3.8) is 0 Å². The lowest BCUT2D eigenvalue weighted by atomic mass is 10.2. The second kappa shape index (κ2) is 3.59. The van der Waals surface area contributed by atoms with Crippen LogP contribution in [0.15, 0.2) is 18.2 Å². The highest BCUT2D eigenvalue weighted by Crippen LogP contribution is 2.15. The lowest BCUT2D eigenvalue weighted by Gasteiger charge is -1.93. The molecule has 0 unspecified atom stereocenters. The van der Waals surface area contributed by atoms with Crippen molar-refractivity contribution >= 4 is 5.91 Å². The van der Waals surface area contributed by atoms with Gasteiger partial charge in [-0.25, -0.2) is 4.39 Å². The molecule has 3 nitrogen and oxygen atoms in total. The zero-order chi connectivity index (χ0) is 9.84. The molecule has 0 fully saturated rings. The van der Waals surface area contributed by atoms with E-state index in [0.29, 0.717) is 5.56 Å². The molecular weight excluding hydrogens is 173 g/mol. The van der Waals surface area contributed by atoms with Gasteiger partial charge in [0.15, 0.2) is 11.6 Å². The quantitative estimate of drug-likeness (QED) is 0.565. The van der Waals surface area contributed by atoms with Gasteiger partial charge in [-0.1, -0.05) is 5.92 Å². The molecular formula is C9H6FNO2. The topological polar surface area (TPSA) is 63.3 Å². The van der Waals surface area contributed by atoms with Crippen LogP contribution >= 0.6 is 0 Å². The lowest BCUT2D eigenvalue weighted by Crippen LogP contribution is -2.06. The first-order valence-electron chi connectivity index (χ1n) is 3.39. The summed E-state index contributed by atoms with van der Waals surface area (Å²) in [7, 11) is 0. The summed E-state index contributed by atoms with van der Waals surface area (Å²) in [5, 5.41) is 8.91. The first kappa shape index (κ1) is 9.07. The van der Waals surface area contributed by atoms with Crippen LogP contribution in [0.2, 0.25) is 0 Å². The SMILES string of the molecule is NC(=O)C#Cc1ccc(F)c(O)c1. The number of primary amides is 1. The Morgan fingerprint density at radius 2 is 2.23 bits per heavy atom. The number of nitrogens with two attached hydrogens (primary N) is 1. The van der Waals surface area contributed by atoms with Crippen LogP contribution in [0.25, 0.3) is 0 Å². The van der Waals surface area contributed by atoms with Gasteiger partial charge in [0, 0.05) is 5.56 Å². The maximum Gasteiger partial charge on any atom is 0.293 e. The minimum absolute atomic E-state index is 0.331.